The summed E-state index contributed by atoms with van der Waals surface area (Å²) in [7, 11) is 0.0499. The van der Waals surface area contributed by atoms with E-state index < -0.39 is 16.2 Å². The van der Waals surface area contributed by atoms with E-state index in [2.05, 4.69) is 4.99 Å². The van der Waals surface area contributed by atoms with E-state index in [1.165, 1.54) is 3.71 Å². The number of hydrogen-bond donors (Lipinski definition) is 0. The standard InChI is InChI=1S/C17H19N3O2S2/c1-13-9-11-15(12-10-13)24(21,22)20-16(14-7-5-4-6-8-14)18-17(23-20)19(2)3/h4-12,16H,1-3H3. The zero-order chi connectivity index (χ0) is 17.3. The number of sulfonamides is 1. The van der Waals surface area contributed by atoms with Crippen molar-refractivity contribution >= 4 is 27.1 Å². The second-order valence-electron chi connectivity index (χ2n) is 5.76. The topological polar surface area (TPSA) is 53.0 Å². The molecule has 3 rings (SSSR count). The minimum Gasteiger partial charge on any atom is -0.356 e. The molecule has 1 atom stereocenters. The van der Waals surface area contributed by atoms with Gasteiger partial charge in [-0.2, -0.15) is 0 Å². The average Bonchev–Trinajstić information content (AvgIpc) is 3.02. The van der Waals surface area contributed by atoms with Crippen LogP contribution in [-0.4, -0.2) is 36.3 Å². The molecule has 0 spiro atoms. The quantitative estimate of drug-likeness (QED) is 0.788. The molecule has 2 aromatic carbocycles. The molecule has 1 heterocycles. The largest absolute Gasteiger partial charge is 0.356 e. The summed E-state index contributed by atoms with van der Waals surface area (Å²) < 4.78 is 27.6. The second kappa shape index (κ2) is 6.58. The number of aliphatic imine (C=N–C) groups is 1. The van der Waals surface area contributed by atoms with Crippen LogP contribution in [0.3, 0.4) is 0 Å². The molecule has 126 valence electrons. The molecule has 5 nitrogen and oxygen atoms in total. The van der Waals surface area contributed by atoms with Crippen LogP contribution < -0.4 is 0 Å². The first-order chi connectivity index (χ1) is 11.4. The molecule has 0 radical (unpaired) electrons. The van der Waals surface area contributed by atoms with Gasteiger partial charge in [0.25, 0.3) is 10.0 Å². The van der Waals surface area contributed by atoms with Crippen LogP contribution in [0.1, 0.15) is 17.3 Å². The Labute approximate surface area is 147 Å². The lowest BCUT2D eigenvalue weighted by Gasteiger charge is -2.21. The molecule has 1 aliphatic heterocycles. The predicted octanol–water partition coefficient (Wildman–Crippen LogP) is 3.26. The molecule has 7 heteroatoms. The van der Waals surface area contributed by atoms with Crippen LogP contribution in [0.15, 0.2) is 64.5 Å². The van der Waals surface area contributed by atoms with Gasteiger partial charge in [-0.1, -0.05) is 48.0 Å². The summed E-state index contributed by atoms with van der Waals surface area (Å²) in [4.78, 5) is 6.70. The maximum Gasteiger partial charge on any atom is 0.254 e. The summed E-state index contributed by atoms with van der Waals surface area (Å²) in [5.41, 5.74) is 1.87. The summed E-state index contributed by atoms with van der Waals surface area (Å²) in [6.45, 7) is 1.93. The molecule has 0 aliphatic carbocycles. The Hall–Kier alpha value is -1.83. The van der Waals surface area contributed by atoms with E-state index >= 15 is 0 Å². The monoisotopic (exact) mass is 361 g/mol. The Kier molecular flexibility index (Phi) is 4.67. The maximum absolute atomic E-state index is 13.1. The number of benzene rings is 2. The summed E-state index contributed by atoms with van der Waals surface area (Å²) in [6, 6.07) is 16.4. The third kappa shape index (κ3) is 3.19. The van der Waals surface area contributed by atoms with E-state index in [1.54, 1.807) is 24.3 Å². The Balaban J connectivity index is 2.03. The molecule has 0 N–H and O–H groups in total. The lowest BCUT2D eigenvalue weighted by Crippen LogP contribution is -2.26. The van der Waals surface area contributed by atoms with Crippen LogP contribution in [0.25, 0.3) is 0 Å². The molecule has 0 saturated heterocycles. The molecule has 1 aliphatic rings. The second-order valence-corrected chi connectivity index (χ2v) is 8.74. The Morgan fingerprint density at radius 1 is 1.04 bits per heavy atom. The molecular formula is C17H19N3O2S2. The molecule has 0 saturated carbocycles. The van der Waals surface area contributed by atoms with Crippen molar-refractivity contribution in [1.29, 1.82) is 0 Å². The molecule has 2 aromatic rings. The summed E-state index contributed by atoms with van der Waals surface area (Å²) >= 11 is 1.15. The van der Waals surface area contributed by atoms with Gasteiger partial charge in [-0.25, -0.2) is 13.4 Å². The SMILES string of the molecule is Cc1ccc(S(=O)(=O)N2SC(N(C)C)=NC2c2ccccc2)cc1. The summed E-state index contributed by atoms with van der Waals surface area (Å²) in [5, 5.41) is 0.666. The van der Waals surface area contributed by atoms with E-state index in [-0.39, 0.29) is 4.90 Å². The van der Waals surface area contributed by atoms with Crippen molar-refractivity contribution < 1.29 is 8.42 Å². The van der Waals surface area contributed by atoms with Gasteiger partial charge < -0.3 is 4.90 Å². The number of hydrogen-bond acceptors (Lipinski definition) is 5. The van der Waals surface area contributed by atoms with Crippen LogP contribution in [0, 0.1) is 6.92 Å². The third-order valence-corrected chi connectivity index (χ3v) is 7.01. The van der Waals surface area contributed by atoms with Gasteiger partial charge in [0.15, 0.2) is 11.3 Å². The number of nitrogens with zero attached hydrogens (tertiary/aromatic N) is 3. The van der Waals surface area contributed by atoms with Gasteiger partial charge >= 0.3 is 0 Å². The predicted molar refractivity (Wildman–Crippen MR) is 98.1 cm³/mol. The average molecular weight is 361 g/mol. The fraction of sp³-hybridized carbons (Fsp3) is 0.235. The van der Waals surface area contributed by atoms with Crippen LogP contribution >= 0.6 is 11.9 Å². The van der Waals surface area contributed by atoms with E-state index in [0.717, 1.165) is 23.1 Å². The minimum atomic E-state index is -3.66. The zero-order valence-electron chi connectivity index (χ0n) is 13.7. The first kappa shape index (κ1) is 17.0. The van der Waals surface area contributed by atoms with Gasteiger partial charge in [-0.05, 0) is 24.6 Å². The fourth-order valence-electron chi connectivity index (χ4n) is 2.32. The lowest BCUT2D eigenvalue weighted by atomic mass is 10.2. The van der Waals surface area contributed by atoms with E-state index in [4.69, 9.17) is 0 Å². The van der Waals surface area contributed by atoms with Crippen LogP contribution in [0.5, 0.6) is 0 Å². The number of aryl methyl sites for hydroxylation is 1. The van der Waals surface area contributed by atoms with E-state index in [0.29, 0.717) is 5.17 Å². The van der Waals surface area contributed by atoms with Gasteiger partial charge in [-0.3, -0.25) is 0 Å². The van der Waals surface area contributed by atoms with Crippen molar-refractivity contribution in [1.82, 2.24) is 8.61 Å². The minimum absolute atomic E-state index is 0.275. The van der Waals surface area contributed by atoms with Crippen LogP contribution in [0.2, 0.25) is 0 Å². The van der Waals surface area contributed by atoms with Gasteiger partial charge in [-0.15, -0.1) is 3.71 Å². The maximum atomic E-state index is 13.1. The van der Waals surface area contributed by atoms with Crippen molar-refractivity contribution in [2.24, 2.45) is 4.99 Å². The highest BCUT2D eigenvalue weighted by Crippen LogP contribution is 2.41. The van der Waals surface area contributed by atoms with Gasteiger partial charge in [0, 0.05) is 26.0 Å². The smallest absolute Gasteiger partial charge is 0.254 e. The van der Waals surface area contributed by atoms with Crippen molar-refractivity contribution in [3.05, 3.63) is 65.7 Å². The molecule has 0 amide bonds. The van der Waals surface area contributed by atoms with Crippen LogP contribution in [-0.2, 0) is 10.0 Å². The number of rotatable bonds is 3. The van der Waals surface area contributed by atoms with Crippen molar-refractivity contribution in [2.45, 2.75) is 18.0 Å². The lowest BCUT2D eigenvalue weighted by molar-refractivity contribution is 0.488. The van der Waals surface area contributed by atoms with Crippen LogP contribution in [0.4, 0.5) is 0 Å². The normalized spacial score (nSPS) is 18.5. The van der Waals surface area contributed by atoms with Crippen molar-refractivity contribution in [2.75, 3.05) is 14.1 Å². The first-order valence-corrected chi connectivity index (χ1v) is 9.70. The van der Waals surface area contributed by atoms with E-state index in [1.807, 2.05) is 56.3 Å². The van der Waals surface area contributed by atoms with Crippen molar-refractivity contribution in [3.63, 3.8) is 0 Å². The van der Waals surface area contributed by atoms with E-state index in [9.17, 15) is 8.42 Å². The fourth-order valence-corrected chi connectivity index (χ4v) is 5.03. The van der Waals surface area contributed by atoms with Gasteiger partial charge in [0.1, 0.15) is 0 Å². The number of amidine groups is 1. The van der Waals surface area contributed by atoms with Crippen molar-refractivity contribution in [3.8, 4) is 0 Å². The molecule has 0 bridgehead atoms. The van der Waals surface area contributed by atoms with Gasteiger partial charge in [0.05, 0.1) is 4.90 Å². The molecule has 0 fully saturated rings. The molecular weight excluding hydrogens is 342 g/mol. The highest BCUT2D eigenvalue weighted by molar-refractivity contribution is 8.18. The summed E-state index contributed by atoms with van der Waals surface area (Å²) in [5.74, 6) is 0. The Morgan fingerprint density at radius 2 is 1.67 bits per heavy atom. The first-order valence-electron chi connectivity index (χ1n) is 7.49. The zero-order valence-corrected chi connectivity index (χ0v) is 15.4. The van der Waals surface area contributed by atoms with Gasteiger partial charge in [0.2, 0.25) is 0 Å². The highest BCUT2D eigenvalue weighted by Gasteiger charge is 2.39. The third-order valence-electron chi connectivity index (χ3n) is 3.64. The Morgan fingerprint density at radius 3 is 2.25 bits per heavy atom. The Bertz CT molecular complexity index is 847. The summed E-state index contributed by atoms with van der Waals surface area (Å²) in [6.07, 6.45) is -0.570. The molecule has 0 aromatic heterocycles. The molecule has 24 heavy (non-hydrogen) atoms. The molecule has 1 unspecified atom stereocenters. The highest BCUT2D eigenvalue weighted by atomic mass is 32.3.